The first-order valence-corrected chi connectivity index (χ1v) is 12.5. The van der Waals surface area contributed by atoms with Crippen LogP contribution in [0, 0.1) is 24.2 Å². The van der Waals surface area contributed by atoms with Crippen molar-refractivity contribution in [2.45, 2.75) is 77.0 Å². The van der Waals surface area contributed by atoms with Crippen LogP contribution in [0.4, 0.5) is 0 Å². The lowest BCUT2D eigenvalue weighted by Crippen LogP contribution is -2.42. The zero-order chi connectivity index (χ0) is 23.1. The molecule has 2 N–H and O–H groups in total. The van der Waals surface area contributed by atoms with E-state index in [4.69, 9.17) is 0 Å². The zero-order valence-electron chi connectivity index (χ0n) is 19.5. The van der Waals surface area contributed by atoms with Crippen LogP contribution in [0.5, 0.6) is 11.5 Å². The van der Waals surface area contributed by atoms with E-state index in [2.05, 4.69) is 25.1 Å². The Bertz CT molecular complexity index is 1190. The zero-order valence-corrected chi connectivity index (χ0v) is 19.5. The fraction of sp³-hybridized carbons (Fsp3) is 0.517. The van der Waals surface area contributed by atoms with Gasteiger partial charge in [0.15, 0.2) is 17.8 Å². The van der Waals surface area contributed by atoms with Crippen LogP contribution in [0.2, 0.25) is 0 Å². The number of carbonyl (C=O) groups excluding carboxylic acids is 2. The topological polar surface area (TPSA) is 74.6 Å². The van der Waals surface area contributed by atoms with Gasteiger partial charge in [0.25, 0.3) is 0 Å². The van der Waals surface area contributed by atoms with Gasteiger partial charge in [0.1, 0.15) is 5.78 Å². The predicted octanol–water partition coefficient (Wildman–Crippen LogP) is 5.72. The highest BCUT2D eigenvalue weighted by Crippen LogP contribution is 2.59. The van der Waals surface area contributed by atoms with Gasteiger partial charge in [-0.15, -0.1) is 0 Å². The number of phenolic OH excluding ortho intramolecular Hbond substituents is 2. The van der Waals surface area contributed by atoms with E-state index >= 15 is 0 Å². The number of phenols is 2. The first-order valence-electron chi connectivity index (χ1n) is 12.5. The van der Waals surface area contributed by atoms with E-state index in [0.717, 1.165) is 56.1 Å². The van der Waals surface area contributed by atoms with E-state index in [9.17, 15) is 19.8 Å². The highest BCUT2D eigenvalue weighted by atomic mass is 16.3. The average molecular weight is 445 g/mol. The third kappa shape index (κ3) is 2.76. The Balaban J connectivity index is 1.36. The van der Waals surface area contributed by atoms with Crippen LogP contribution < -0.4 is 0 Å². The molecule has 0 amide bonds. The number of rotatable bonds is 2. The van der Waals surface area contributed by atoms with Crippen molar-refractivity contribution in [3.63, 3.8) is 0 Å². The summed E-state index contributed by atoms with van der Waals surface area (Å²) in [6, 6.07) is 6.94. The van der Waals surface area contributed by atoms with Crippen LogP contribution >= 0.6 is 0 Å². The van der Waals surface area contributed by atoms with Crippen LogP contribution in [0.1, 0.15) is 101 Å². The minimum Gasteiger partial charge on any atom is -0.504 e. The van der Waals surface area contributed by atoms with E-state index < -0.39 is 0 Å². The molecule has 4 aliphatic carbocycles. The summed E-state index contributed by atoms with van der Waals surface area (Å²) in [5, 5.41) is 20.7. The first kappa shape index (κ1) is 20.9. The van der Waals surface area contributed by atoms with Gasteiger partial charge in [-0.05, 0) is 103 Å². The molecule has 2 aromatic rings. The lowest BCUT2D eigenvalue weighted by Gasteiger charge is -2.48. The molecule has 6 rings (SSSR count). The van der Waals surface area contributed by atoms with Gasteiger partial charge in [-0.25, -0.2) is 0 Å². The van der Waals surface area contributed by atoms with E-state index in [0.29, 0.717) is 35.4 Å². The summed E-state index contributed by atoms with van der Waals surface area (Å²) in [5.74, 6) is 1.90. The van der Waals surface area contributed by atoms with Crippen molar-refractivity contribution in [1.82, 2.24) is 0 Å². The number of carbonyl (C=O) groups is 2. The number of hydrogen-bond donors (Lipinski definition) is 2. The van der Waals surface area contributed by atoms with Crippen LogP contribution in [0.3, 0.4) is 0 Å². The minimum absolute atomic E-state index is 0.0897. The standard InChI is InChI=1S/C29H32O4/c1-15-26-19(7-8-22(26)23(14-30)28(33)27(15)32)17-3-5-18-16(13-17)4-6-21-20(18)11-12-29(2)24(21)9-10-25(29)31/h3,5,13-14,19-21,24,32-33H,4,6-12H2,1-2H3/t19-,20-,21-,24+,29+/m1/s1. The van der Waals surface area contributed by atoms with Crippen LogP contribution in [0.25, 0.3) is 0 Å². The molecule has 0 spiro atoms. The summed E-state index contributed by atoms with van der Waals surface area (Å²) in [6.07, 6.45) is 8.48. The highest BCUT2D eigenvalue weighted by molar-refractivity contribution is 5.87. The number of Topliss-reactive ketones (excluding diaryl/α,β-unsaturated/α-hetero) is 1. The monoisotopic (exact) mass is 444 g/mol. The summed E-state index contributed by atoms with van der Waals surface area (Å²) < 4.78 is 0. The Kier molecular flexibility index (Phi) is 4.56. The fourth-order valence-corrected chi connectivity index (χ4v) is 8.17. The van der Waals surface area contributed by atoms with E-state index in [1.165, 1.54) is 23.1 Å². The molecule has 4 heteroatoms. The molecule has 0 unspecified atom stereocenters. The van der Waals surface area contributed by atoms with Crippen molar-refractivity contribution < 1.29 is 19.8 Å². The second-order valence-electron chi connectivity index (χ2n) is 11.1. The molecule has 2 aromatic carbocycles. The van der Waals surface area contributed by atoms with E-state index in [1.807, 2.05) is 6.92 Å². The lowest BCUT2D eigenvalue weighted by molar-refractivity contribution is -0.129. The molecule has 4 nitrogen and oxygen atoms in total. The third-order valence-corrected chi connectivity index (χ3v) is 9.90. The maximum Gasteiger partial charge on any atom is 0.168 e. The molecule has 0 aromatic heterocycles. The molecule has 33 heavy (non-hydrogen) atoms. The number of aryl methyl sites for hydroxylation is 1. The van der Waals surface area contributed by atoms with Crippen LogP contribution in [-0.4, -0.2) is 22.3 Å². The minimum atomic E-state index is -0.284. The van der Waals surface area contributed by atoms with Gasteiger partial charge in [-0.3, -0.25) is 9.59 Å². The quantitative estimate of drug-likeness (QED) is 0.459. The second-order valence-corrected chi connectivity index (χ2v) is 11.1. The molecule has 0 radical (unpaired) electrons. The Morgan fingerprint density at radius 3 is 2.64 bits per heavy atom. The van der Waals surface area contributed by atoms with Gasteiger partial charge in [0.05, 0.1) is 5.56 Å². The van der Waals surface area contributed by atoms with Gasteiger partial charge < -0.3 is 10.2 Å². The summed E-state index contributed by atoms with van der Waals surface area (Å²) in [4.78, 5) is 24.3. The van der Waals surface area contributed by atoms with Crippen molar-refractivity contribution in [2.75, 3.05) is 0 Å². The number of benzene rings is 2. The van der Waals surface area contributed by atoms with Crippen molar-refractivity contribution >= 4 is 12.1 Å². The molecule has 0 aliphatic heterocycles. The molecular weight excluding hydrogens is 412 g/mol. The van der Waals surface area contributed by atoms with Gasteiger partial charge in [-0.1, -0.05) is 25.1 Å². The SMILES string of the molecule is Cc1c(O)c(O)c(C=O)c2c1[C@@H](c1ccc3c(c1)CC[C@@H]1[C@@H]3CC[C@]3(C)C(=O)CC[C@@H]13)CC2. The third-order valence-electron chi connectivity index (χ3n) is 9.90. The van der Waals surface area contributed by atoms with E-state index in [-0.39, 0.29) is 28.4 Å². The van der Waals surface area contributed by atoms with Gasteiger partial charge in [-0.2, -0.15) is 0 Å². The van der Waals surface area contributed by atoms with E-state index in [1.54, 1.807) is 0 Å². The normalized spacial score (nSPS) is 32.1. The largest absolute Gasteiger partial charge is 0.504 e. The summed E-state index contributed by atoms with van der Waals surface area (Å²) in [6.45, 7) is 4.06. The van der Waals surface area contributed by atoms with Crippen LogP contribution in [-0.2, 0) is 17.6 Å². The van der Waals surface area contributed by atoms with Gasteiger partial charge >= 0.3 is 0 Å². The molecule has 0 heterocycles. The summed E-state index contributed by atoms with van der Waals surface area (Å²) in [7, 11) is 0. The Hall–Kier alpha value is -2.62. The van der Waals surface area contributed by atoms with Gasteiger partial charge in [0, 0.05) is 17.8 Å². The molecule has 2 fully saturated rings. The highest BCUT2D eigenvalue weighted by Gasteiger charge is 2.54. The maximum absolute atomic E-state index is 12.6. The molecular formula is C29H32O4. The number of fused-ring (bicyclic) bond motifs is 6. The average Bonchev–Trinajstić information content (AvgIpc) is 3.39. The maximum atomic E-state index is 12.6. The molecule has 0 saturated heterocycles. The molecule has 5 atom stereocenters. The Morgan fingerprint density at radius 1 is 1.03 bits per heavy atom. The second kappa shape index (κ2) is 7.19. The fourth-order valence-electron chi connectivity index (χ4n) is 8.17. The van der Waals surface area contributed by atoms with Crippen molar-refractivity contribution in [2.24, 2.45) is 17.3 Å². The van der Waals surface area contributed by atoms with Crippen molar-refractivity contribution in [3.8, 4) is 11.5 Å². The predicted molar refractivity (Wildman–Crippen MR) is 126 cm³/mol. The van der Waals surface area contributed by atoms with Crippen molar-refractivity contribution in [1.29, 1.82) is 0 Å². The van der Waals surface area contributed by atoms with Crippen LogP contribution in [0.15, 0.2) is 18.2 Å². The number of ketones is 1. The molecule has 172 valence electrons. The number of hydrogen-bond acceptors (Lipinski definition) is 4. The number of aromatic hydroxyl groups is 2. The number of aldehydes is 1. The van der Waals surface area contributed by atoms with Gasteiger partial charge in [0.2, 0.25) is 0 Å². The first-order chi connectivity index (χ1) is 15.8. The summed E-state index contributed by atoms with van der Waals surface area (Å²) in [5.41, 5.74) is 6.90. The molecule has 0 bridgehead atoms. The molecule has 2 saturated carbocycles. The summed E-state index contributed by atoms with van der Waals surface area (Å²) >= 11 is 0. The lowest BCUT2D eigenvalue weighted by atomic mass is 9.55. The smallest absolute Gasteiger partial charge is 0.168 e. The Labute approximate surface area is 195 Å². The molecule has 4 aliphatic rings. The van der Waals surface area contributed by atoms with Crippen molar-refractivity contribution in [3.05, 3.63) is 57.1 Å². The Morgan fingerprint density at radius 2 is 1.85 bits per heavy atom.